The Morgan fingerprint density at radius 3 is 2.23 bits per heavy atom. The van der Waals surface area contributed by atoms with Crippen LogP contribution in [0.5, 0.6) is 5.75 Å². The molecule has 0 unspecified atom stereocenters. The Morgan fingerprint density at radius 2 is 1.69 bits per heavy atom. The third-order valence-corrected chi connectivity index (χ3v) is 4.36. The number of carbonyl (C=O) groups is 2. The molecule has 0 aromatic heterocycles. The topological polar surface area (TPSA) is 96.4 Å². The summed E-state index contributed by atoms with van der Waals surface area (Å²) < 4.78 is 5.08. The number of methoxy groups -OCH3 is 1. The van der Waals surface area contributed by atoms with Crippen molar-refractivity contribution in [1.29, 1.82) is 0 Å². The second-order valence-corrected chi connectivity index (χ2v) is 8.17. The van der Waals surface area contributed by atoms with Gasteiger partial charge in [0.1, 0.15) is 5.75 Å². The van der Waals surface area contributed by atoms with Gasteiger partial charge in [0.05, 0.1) is 24.4 Å². The smallest absolute Gasteiger partial charge is 0.329 e. The minimum Gasteiger partial charge on any atom is -0.497 e. The highest BCUT2D eigenvalue weighted by Gasteiger charge is 2.42. The highest BCUT2D eigenvalue weighted by molar-refractivity contribution is 6.35. The highest BCUT2D eigenvalue weighted by Crippen LogP contribution is 2.21. The lowest BCUT2D eigenvalue weighted by Gasteiger charge is -2.43. The number of rotatable bonds is 4. The van der Waals surface area contributed by atoms with Crippen LogP contribution in [0.15, 0.2) is 29.4 Å². The van der Waals surface area contributed by atoms with E-state index in [0.29, 0.717) is 0 Å². The summed E-state index contributed by atoms with van der Waals surface area (Å²) in [6.07, 6.45) is 3.10. The number of hydrogen-bond acceptors (Lipinski definition) is 4. The molecule has 4 N–H and O–H groups in total. The van der Waals surface area contributed by atoms with Gasteiger partial charge in [-0.05, 0) is 57.5 Å². The summed E-state index contributed by atoms with van der Waals surface area (Å²) in [5.41, 5.74) is 3.09. The largest absolute Gasteiger partial charge is 0.497 e. The number of nitrogens with two attached hydrogens (primary N) is 1. The van der Waals surface area contributed by atoms with Gasteiger partial charge in [-0.15, -0.1) is 0 Å². The lowest BCUT2D eigenvalue weighted by Crippen LogP contribution is -3.06. The molecule has 0 spiro atoms. The fourth-order valence-electron chi connectivity index (χ4n) is 3.78. The summed E-state index contributed by atoms with van der Waals surface area (Å²) in [6.45, 7) is 8.58. The molecule has 0 bridgehead atoms. The monoisotopic (exact) mass is 361 g/mol. The summed E-state index contributed by atoms with van der Waals surface area (Å²) >= 11 is 0. The molecular weight excluding hydrogens is 332 g/mol. The van der Waals surface area contributed by atoms with Crippen LogP contribution in [0.4, 0.5) is 0 Å². The van der Waals surface area contributed by atoms with Gasteiger partial charge in [-0.3, -0.25) is 9.59 Å². The van der Waals surface area contributed by atoms with E-state index < -0.39 is 11.8 Å². The van der Waals surface area contributed by atoms with Crippen molar-refractivity contribution in [1.82, 2.24) is 10.7 Å². The molecule has 7 heteroatoms. The van der Waals surface area contributed by atoms with Gasteiger partial charge in [-0.25, -0.2) is 5.43 Å². The number of benzene rings is 1. The van der Waals surface area contributed by atoms with E-state index in [-0.39, 0.29) is 17.1 Å². The van der Waals surface area contributed by atoms with Gasteiger partial charge in [0.25, 0.3) is 0 Å². The molecule has 1 aliphatic heterocycles. The van der Waals surface area contributed by atoms with Crippen LogP contribution in [0.25, 0.3) is 0 Å². The molecular formula is C19H29N4O3+. The number of nitrogens with zero attached hydrogens (tertiary/aromatic N) is 1. The first kappa shape index (κ1) is 19.9. The SMILES string of the molecule is COc1ccc(C=NNC(=O)C(=O)NC2CC(C)(C)[NH2+]C(C)(C)C2)cc1. The standard InChI is InChI=1S/C19H28N4O3/c1-18(2)10-14(11-19(3,4)23-18)21-16(24)17(25)22-20-12-13-6-8-15(26-5)9-7-13/h6-9,12,14,23H,10-11H2,1-5H3,(H,21,24)(H,22,25)/p+1. The first-order chi connectivity index (χ1) is 12.1. The maximum absolute atomic E-state index is 12.1. The van der Waals surface area contributed by atoms with Crippen molar-refractivity contribution >= 4 is 18.0 Å². The molecule has 1 saturated heterocycles. The lowest BCUT2D eigenvalue weighted by molar-refractivity contribution is -0.787. The second kappa shape index (κ2) is 7.86. The molecule has 0 radical (unpaired) electrons. The van der Waals surface area contributed by atoms with Crippen molar-refractivity contribution in [2.75, 3.05) is 7.11 Å². The van der Waals surface area contributed by atoms with Gasteiger partial charge >= 0.3 is 11.8 Å². The zero-order valence-electron chi connectivity index (χ0n) is 16.1. The van der Waals surface area contributed by atoms with Crippen LogP contribution in [-0.2, 0) is 9.59 Å². The highest BCUT2D eigenvalue weighted by atomic mass is 16.5. The van der Waals surface area contributed by atoms with E-state index in [1.165, 1.54) is 6.21 Å². The molecule has 0 atom stereocenters. The maximum Gasteiger partial charge on any atom is 0.329 e. The van der Waals surface area contributed by atoms with Gasteiger partial charge in [0, 0.05) is 18.9 Å². The van der Waals surface area contributed by atoms with Crippen LogP contribution in [0.2, 0.25) is 0 Å². The molecule has 2 rings (SSSR count). The normalized spacial score (nSPS) is 19.1. The molecule has 1 aromatic rings. The molecule has 1 aliphatic rings. The van der Waals surface area contributed by atoms with Gasteiger partial charge in [0.2, 0.25) is 0 Å². The molecule has 142 valence electrons. The summed E-state index contributed by atoms with van der Waals surface area (Å²) in [5, 5.41) is 8.99. The first-order valence-corrected chi connectivity index (χ1v) is 8.75. The second-order valence-electron chi connectivity index (χ2n) is 8.17. The number of carbonyl (C=O) groups excluding carboxylic acids is 2. The maximum atomic E-state index is 12.1. The predicted molar refractivity (Wildman–Crippen MR) is 100.0 cm³/mol. The predicted octanol–water partition coefficient (Wildman–Crippen LogP) is 0.545. The molecule has 7 nitrogen and oxygen atoms in total. The molecule has 1 heterocycles. The zero-order valence-corrected chi connectivity index (χ0v) is 16.1. The minimum atomic E-state index is -0.764. The Labute approximate surface area is 154 Å². The average molecular weight is 361 g/mol. The first-order valence-electron chi connectivity index (χ1n) is 8.75. The van der Waals surface area contributed by atoms with E-state index in [0.717, 1.165) is 24.2 Å². The molecule has 26 heavy (non-hydrogen) atoms. The molecule has 1 aromatic carbocycles. The van der Waals surface area contributed by atoms with E-state index in [1.807, 2.05) is 0 Å². The van der Waals surface area contributed by atoms with Crippen LogP contribution in [-0.4, -0.2) is 42.3 Å². The van der Waals surface area contributed by atoms with Crippen molar-refractivity contribution in [2.24, 2.45) is 5.10 Å². The van der Waals surface area contributed by atoms with E-state index in [2.05, 4.69) is 48.9 Å². The van der Waals surface area contributed by atoms with Gasteiger partial charge < -0.3 is 15.4 Å². The van der Waals surface area contributed by atoms with Crippen LogP contribution < -0.4 is 20.8 Å². The Balaban J connectivity index is 1.87. The number of ether oxygens (including phenoxy) is 1. The van der Waals surface area contributed by atoms with Gasteiger partial charge in [-0.2, -0.15) is 5.10 Å². The summed E-state index contributed by atoms with van der Waals surface area (Å²) in [7, 11) is 1.59. The Hall–Kier alpha value is -2.41. The van der Waals surface area contributed by atoms with Crippen LogP contribution in [0.1, 0.15) is 46.1 Å². The number of quaternary nitrogens is 1. The third kappa shape index (κ3) is 5.84. The number of piperidine rings is 1. The third-order valence-electron chi connectivity index (χ3n) is 4.36. The fraction of sp³-hybridized carbons (Fsp3) is 0.526. The van der Waals surface area contributed by atoms with E-state index >= 15 is 0 Å². The summed E-state index contributed by atoms with van der Waals surface area (Å²) in [6, 6.07) is 7.15. The van der Waals surface area contributed by atoms with Crippen LogP contribution in [0, 0.1) is 0 Å². The zero-order chi connectivity index (χ0) is 19.4. The van der Waals surface area contributed by atoms with E-state index in [1.54, 1.807) is 31.4 Å². The van der Waals surface area contributed by atoms with Crippen molar-refractivity contribution in [3.05, 3.63) is 29.8 Å². The lowest BCUT2D eigenvalue weighted by atomic mass is 9.79. The summed E-state index contributed by atoms with van der Waals surface area (Å²) in [5.74, 6) is -0.684. The van der Waals surface area contributed by atoms with Gasteiger partial charge in [-0.1, -0.05) is 0 Å². The number of amides is 2. The number of hydrazone groups is 1. The Kier molecular flexibility index (Phi) is 6.02. The Morgan fingerprint density at radius 1 is 1.12 bits per heavy atom. The molecule has 0 saturated carbocycles. The minimum absolute atomic E-state index is 0.0166. The fourth-order valence-corrected chi connectivity index (χ4v) is 3.78. The summed E-state index contributed by atoms with van der Waals surface area (Å²) in [4.78, 5) is 24.1. The number of hydrogen-bond donors (Lipinski definition) is 3. The van der Waals surface area contributed by atoms with E-state index in [9.17, 15) is 9.59 Å². The molecule has 1 fully saturated rings. The van der Waals surface area contributed by atoms with Crippen molar-refractivity contribution in [3.8, 4) is 5.75 Å². The van der Waals surface area contributed by atoms with Crippen LogP contribution in [0.3, 0.4) is 0 Å². The van der Waals surface area contributed by atoms with Crippen LogP contribution >= 0.6 is 0 Å². The van der Waals surface area contributed by atoms with Crippen molar-refractivity contribution < 1.29 is 19.6 Å². The van der Waals surface area contributed by atoms with Gasteiger partial charge in [0.15, 0.2) is 0 Å². The molecule has 0 aliphatic carbocycles. The Bertz CT molecular complexity index is 665. The van der Waals surface area contributed by atoms with Crippen molar-refractivity contribution in [3.63, 3.8) is 0 Å². The molecule has 2 amide bonds. The van der Waals surface area contributed by atoms with Crippen molar-refractivity contribution in [2.45, 2.75) is 57.7 Å². The number of nitrogens with one attached hydrogen (secondary N) is 2. The quantitative estimate of drug-likeness (QED) is 0.415. The van der Waals surface area contributed by atoms with E-state index in [4.69, 9.17) is 4.74 Å². The average Bonchev–Trinajstić information content (AvgIpc) is 2.52.